The first kappa shape index (κ1) is 25.9. The monoisotopic (exact) mass is 542 g/mol. The number of ether oxygens (including phenoxy) is 1. The van der Waals surface area contributed by atoms with Crippen molar-refractivity contribution >= 4 is 17.3 Å². The number of thiazole rings is 1. The van der Waals surface area contributed by atoms with Crippen molar-refractivity contribution in [2.45, 2.75) is 38.7 Å². The Bertz CT molecular complexity index is 1440. The first-order valence-corrected chi connectivity index (χ1v) is 12.8. The lowest BCUT2D eigenvalue weighted by molar-refractivity contribution is -0.137. The molecule has 1 aliphatic heterocycles. The largest absolute Gasteiger partial charge is 0.489 e. The maximum absolute atomic E-state index is 13.8. The van der Waals surface area contributed by atoms with E-state index in [1.165, 1.54) is 34.0 Å². The fourth-order valence-corrected chi connectivity index (χ4v) is 5.35. The zero-order chi connectivity index (χ0) is 26.9. The van der Waals surface area contributed by atoms with Gasteiger partial charge in [0.2, 0.25) is 0 Å². The van der Waals surface area contributed by atoms with Crippen molar-refractivity contribution in [2.24, 2.45) is 0 Å². The summed E-state index contributed by atoms with van der Waals surface area (Å²) < 4.78 is 48.8. The maximum Gasteiger partial charge on any atom is 0.416 e. The van der Waals surface area contributed by atoms with Crippen LogP contribution in [0.2, 0.25) is 0 Å². The van der Waals surface area contributed by atoms with E-state index in [9.17, 15) is 18.0 Å². The normalized spacial score (nSPS) is 16.2. The van der Waals surface area contributed by atoms with Crippen LogP contribution in [0, 0.1) is 6.92 Å². The molecule has 2 aromatic heterocycles. The van der Waals surface area contributed by atoms with E-state index in [1.807, 2.05) is 25.1 Å². The molecule has 0 saturated carbocycles. The third-order valence-electron chi connectivity index (χ3n) is 6.35. The predicted molar refractivity (Wildman–Crippen MR) is 136 cm³/mol. The van der Waals surface area contributed by atoms with E-state index >= 15 is 0 Å². The highest BCUT2D eigenvalue weighted by Gasteiger charge is 2.33. The number of hydrogen-bond donors (Lipinski definition) is 1. The van der Waals surface area contributed by atoms with E-state index in [4.69, 9.17) is 9.84 Å². The number of aryl methyl sites for hydroxylation is 1. The quantitative estimate of drug-likeness (QED) is 0.306. The minimum absolute atomic E-state index is 0.0482. The summed E-state index contributed by atoms with van der Waals surface area (Å²) in [5.41, 5.74) is 1.36. The highest BCUT2D eigenvalue weighted by molar-refractivity contribution is 7.15. The van der Waals surface area contributed by atoms with Crippen LogP contribution in [0.25, 0.3) is 10.6 Å². The summed E-state index contributed by atoms with van der Waals surface area (Å²) in [6.45, 7) is 4.22. The van der Waals surface area contributed by atoms with Crippen molar-refractivity contribution in [1.82, 2.24) is 19.7 Å². The third-order valence-corrected chi connectivity index (χ3v) is 7.41. The van der Waals surface area contributed by atoms with E-state index in [0.29, 0.717) is 22.8 Å². The molecule has 7 nitrogen and oxygen atoms in total. The van der Waals surface area contributed by atoms with Crippen LogP contribution >= 0.6 is 11.3 Å². The topological polar surface area (TPSA) is 80.5 Å². The van der Waals surface area contributed by atoms with Gasteiger partial charge in [0.15, 0.2) is 0 Å². The van der Waals surface area contributed by atoms with E-state index in [1.54, 1.807) is 6.07 Å². The summed E-state index contributed by atoms with van der Waals surface area (Å²) >= 11 is 1.27. The average molecular weight is 543 g/mol. The molecule has 1 fully saturated rings. The molecule has 1 unspecified atom stereocenters. The zero-order valence-electron chi connectivity index (χ0n) is 20.5. The first-order chi connectivity index (χ1) is 18.1. The molecule has 0 radical (unpaired) electrons. The Morgan fingerprint density at radius 3 is 2.68 bits per heavy atom. The lowest BCUT2D eigenvalue weighted by Crippen LogP contribution is -2.24. The molecule has 0 spiro atoms. The molecule has 5 rings (SSSR count). The van der Waals surface area contributed by atoms with Crippen LogP contribution in [0.4, 0.5) is 13.2 Å². The van der Waals surface area contributed by atoms with E-state index < -0.39 is 17.7 Å². The van der Waals surface area contributed by atoms with Crippen LogP contribution in [0.15, 0.2) is 60.9 Å². The van der Waals surface area contributed by atoms with Gasteiger partial charge in [0.1, 0.15) is 16.9 Å². The minimum Gasteiger partial charge on any atom is -0.489 e. The molecule has 0 amide bonds. The number of carbonyl (C=O) groups is 1. The number of halogens is 3. The summed E-state index contributed by atoms with van der Waals surface area (Å²) in [7, 11) is 0. The lowest BCUT2D eigenvalue weighted by atomic mass is 10.1. The number of carboxylic acids is 1. The van der Waals surface area contributed by atoms with E-state index in [-0.39, 0.29) is 24.0 Å². The van der Waals surface area contributed by atoms with Crippen molar-refractivity contribution in [3.05, 3.63) is 88.2 Å². The Morgan fingerprint density at radius 2 is 1.97 bits per heavy atom. The second-order valence-electron chi connectivity index (χ2n) is 9.25. The summed E-state index contributed by atoms with van der Waals surface area (Å²) in [5.74, 6) is -0.928. The van der Waals surface area contributed by atoms with Gasteiger partial charge < -0.3 is 9.84 Å². The molecule has 198 valence electrons. The van der Waals surface area contributed by atoms with Gasteiger partial charge in [0.05, 0.1) is 29.6 Å². The number of benzene rings is 2. The van der Waals surface area contributed by atoms with Crippen molar-refractivity contribution in [3.63, 3.8) is 0 Å². The van der Waals surface area contributed by atoms with Crippen LogP contribution in [0.5, 0.6) is 5.75 Å². The molecule has 38 heavy (non-hydrogen) atoms. The Balaban J connectivity index is 1.35. The number of aromatic carboxylic acids is 1. The number of carboxylic acid groups (broad SMARTS) is 1. The van der Waals surface area contributed by atoms with Gasteiger partial charge in [0, 0.05) is 36.3 Å². The fourth-order valence-electron chi connectivity index (χ4n) is 4.44. The summed E-state index contributed by atoms with van der Waals surface area (Å²) in [5, 5.41) is 13.6. The second kappa shape index (κ2) is 10.6. The van der Waals surface area contributed by atoms with Gasteiger partial charge in [-0.1, -0.05) is 30.3 Å². The number of hydrogen-bond acceptors (Lipinski definition) is 6. The third kappa shape index (κ3) is 6.05. The van der Waals surface area contributed by atoms with Crippen molar-refractivity contribution in [1.29, 1.82) is 0 Å². The van der Waals surface area contributed by atoms with E-state index in [0.717, 1.165) is 36.5 Å². The Morgan fingerprint density at radius 1 is 1.18 bits per heavy atom. The van der Waals surface area contributed by atoms with Crippen LogP contribution in [-0.4, -0.2) is 49.9 Å². The highest BCUT2D eigenvalue weighted by atomic mass is 32.1. The number of alkyl halides is 3. The molecule has 1 saturated heterocycles. The van der Waals surface area contributed by atoms with Crippen molar-refractivity contribution in [2.75, 3.05) is 13.1 Å². The van der Waals surface area contributed by atoms with Gasteiger partial charge >= 0.3 is 12.1 Å². The van der Waals surface area contributed by atoms with Gasteiger partial charge in [-0.3, -0.25) is 9.58 Å². The lowest BCUT2D eigenvalue weighted by Gasteiger charge is -2.18. The average Bonchev–Trinajstić information content (AvgIpc) is 3.60. The van der Waals surface area contributed by atoms with Crippen LogP contribution in [0.3, 0.4) is 0 Å². The number of aromatic nitrogens is 3. The van der Waals surface area contributed by atoms with Crippen LogP contribution in [-0.2, 0) is 19.3 Å². The summed E-state index contributed by atoms with van der Waals surface area (Å²) in [4.78, 5) is 18.7. The fraction of sp³-hybridized carbons (Fsp3) is 0.296. The molecule has 2 aromatic carbocycles. The molecule has 4 aromatic rings. The Kier molecular flexibility index (Phi) is 7.22. The molecular formula is C27H25F3N4O3S. The van der Waals surface area contributed by atoms with Gasteiger partial charge in [-0.25, -0.2) is 9.78 Å². The Labute approximate surface area is 221 Å². The summed E-state index contributed by atoms with van der Waals surface area (Å²) in [6, 6.07) is 13.8. The second-order valence-corrected chi connectivity index (χ2v) is 10.4. The van der Waals surface area contributed by atoms with E-state index in [2.05, 4.69) is 27.1 Å². The molecule has 1 N–H and O–H groups in total. The molecular weight excluding hydrogens is 517 g/mol. The van der Waals surface area contributed by atoms with Crippen molar-refractivity contribution in [3.8, 4) is 16.3 Å². The molecule has 0 aliphatic carbocycles. The molecule has 0 bridgehead atoms. The maximum atomic E-state index is 13.8. The molecule has 1 atom stereocenters. The smallest absolute Gasteiger partial charge is 0.416 e. The minimum atomic E-state index is -4.54. The highest BCUT2D eigenvalue weighted by Crippen LogP contribution is 2.38. The predicted octanol–water partition coefficient (Wildman–Crippen LogP) is 5.73. The summed E-state index contributed by atoms with van der Waals surface area (Å²) in [6.07, 6.45) is -1.40. The first-order valence-electron chi connectivity index (χ1n) is 12.0. The van der Waals surface area contributed by atoms with Crippen LogP contribution < -0.4 is 4.74 Å². The number of likely N-dealkylation sites (tertiary alicyclic amines) is 1. The number of rotatable bonds is 8. The van der Waals surface area contributed by atoms with Crippen molar-refractivity contribution < 1.29 is 27.8 Å². The Hall–Kier alpha value is -3.70. The molecule has 11 heteroatoms. The molecule has 1 aliphatic rings. The van der Waals surface area contributed by atoms with Gasteiger partial charge in [-0.05, 0) is 37.1 Å². The standard InChI is InChI=1S/C27H25F3N4O3S/c1-17-24(16-34-14-20(12-31-34)26(35)36)32-25(38-17)19-9-21(27(28,29)30)11-23(10-19)37-22-7-8-33(15-22)13-18-5-3-2-4-6-18/h2-6,9-12,14,22H,7-8,13,15-16H2,1H3,(H,35,36). The molecule has 3 heterocycles. The van der Waals surface area contributed by atoms with Gasteiger partial charge in [-0.2, -0.15) is 18.3 Å². The zero-order valence-corrected chi connectivity index (χ0v) is 21.3. The van der Waals surface area contributed by atoms with Gasteiger partial charge in [0.25, 0.3) is 0 Å². The van der Waals surface area contributed by atoms with Gasteiger partial charge in [-0.15, -0.1) is 11.3 Å². The number of nitrogens with zero attached hydrogens (tertiary/aromatic N) is 4. The SMILES string of the molecule is Cc1sc(-c2cc(OC3CCN(Cc4ccccc4)C3)cc(C(F)(F)F)c2)nc1Cn1cc(C(=O)O)cn1. The van der Waals surface area contributed by atoms with Crippen LogP contribution in [0.1, 0.15) is 38.5 Å².